The summed E-state index contributed by atoms with van der Waals surface area (Å²) in [5, 5.41) is 5.08. The number of hydrogen-bond donors (Lipinski definition) is 3. The third kappa shape index (κ3) is 4.10. The van der Waals surface area contributed by atoms with Crippen LogP contribution in [0.15, 0.2) is 0 Å². The van der Waals surface area contributed by atoms with Gasteiger partial charge in [-0.1, -0.05) is 0 Å². The molecule has 2 saturated heterocycles. The monoisotopic (exact) mass is 332 g/mol. The minimum atomic E-state index is -3.28. The second-order valence-corrected chi connectivity index (χ2v) is 7.89. The number of carbonyl (C=O) groups is 2. The highest BCUT2D eigenvalue weighted by Crippen LogP contribution is 2.17. The van der Waals surface area contributed by atoms with Crippen molar-refractivity contribution in [3.8, 4) is 0 Å². The van der Waals surface area contributed by atoms with Crippen LogP contribution in [0.4, 0.5) is 4.79 Å². The van der Waals surface area contributed by atoms with Crippen LogP contribution < -0.4 is 15.4 Å². The van der Waals surface area contributed by atoms with Crippen molar-refractivity contribution in [2.45, 2.75) is 43.4 Å². The normalized spacial score (nSPS) is 24.5. The molecule has 0 spiro atoms. The molecule has 2 aliphatic heterocycles. The Morgan fingerprint density at radius 3 is 2.55 bits per heavy atom. The topological polar surface area (TPSA) is 108 Å². The van der Waals surface area contributed by atoms with Gasteiger partial charge in [-0.05, 0) is 39.2 Å². The van der Waals surface area contributed by atoms with Gasteiger partial charge < -0.3 is 15.5 Å². The Balaban J connectivity index is 1.86. The molecular formula is C13H24N4O4S. The summed E-state index contributed by atoms with van der Waals surface area (Å²) >= 11 is 0. The molecule has 1 unspecified atom stereocenters. The van der Waals surface area contributed by atoms with E-state index in [0.717, 1.165) is 12.8 Å². The van der Waals surface area contributed by atoms with Crippen LogP contribution in [0.25, 0.3) is 0 Å². The fourth-order valence-electron chi connectivity index (χ4n) is 2.85. The molecule has 9 heteroatoms. The molecule has 2 heterocycles. The zero-order valence-electron chi connectivity index (χ0n) is 12.8. The van der Waals surface area contributed by atoms with Crippen LogP contribution >= 0.6 is 0 Å². The van der Waals surface area contributed by atoms with Gasteiger partial charge in [-0.3, -0.25) is 4.79 Å². The van der Waals surface area contributed by atoms with Gasteiger partial charge in [-0.25, -0.2) is 17.9 Å². The van der Waals surface area contributed by atoms with Crippen LogP contribution in [0.5, 0.6) is 0 Å². The van der Waals surface area contributed by atoms with Crippen LogP contribution in [0, 0.1) is 0 Å². The molecule has 1 atom stereocenters. The SMILES string of the molecule is CNS(=O)(=O)C1CCN(C(=O)NC2CCCCNC2=O)CC1. The van der Waals surface area contributed by atoms with E-state index in [1.807, 2.05) is 0 Å². The lowest BCUT2D eigenvalue weighted by Gasteiger charge is -2.32. The summed E-state index contributed by atoms with van der Waals surface area (Å²) in [4.78, 5) is 25.6. The highest BCUT2D eigenvalue weighted by atomic mass is 32.2. The maximum Gasteiger partial charge on any atom is 0.318 e. The van der Waals surface area contributed by atoms with E-state index in [4.69, 9.17) is 0 Å². The highest BCUT2D eigenvalue weighted by molar-refractivity contribution is 7.90. The smallest absolute Gasteiger partial charge is 0.318 e. The molecule has 8 nitrogen and oxygen atoms in total. The molecule has 0 saturated carbocycles. The average Bonchev–Trinajstić information content (AvgIpc) is 2.72. The molecule has 0 aromatic rings. The van der Waals surface area contributed by atoms with Crippen LogP contribution in [-0.4, -0.2) is 63.2 Å². The molecule has 0 aliphatic carbocycles. The zero-order chi connectivity index (χ0) is 16.2. The van der Waals surface area contributed by atoms with Gasteiger partial charge in [0.05, 0.1) is 5.25 Å². The van der Waals surface area contributed by atoms with E-state index in [2.05, 4.69) is 15.4 Å². The maximum atomic E-state index is 12.2. The minimum Gasteiger partial charge on any atom is -0.354 e. The first-order valence-corrected chi connectivity index (χ1v) is 9.24. The fourth-order valence-corrected chi connectivity index (χ4v) is 4.02. The molecule has 22 heavy (non-hydrogen) atoms. The predicted octanol–water partition coefficient (Wildman–Crippen LogP) is -0.622. The number of nitrogens with one attached hydrogen (secondary N) is 3. The largest absolute Gasteiger partial charge is 0.354 e. The van der Waals surface area contributed by atoms with Crippen molar-refractivity contribution >= 4 is 22.0 Å². The van der Waals surface area contributed by atoms with Gasteiger partial charge >= 0.3 is 6.03 Å². The number of nitrogens with zero attached hydrogens (tertiary/aromatic N) is 1. The van der Waals surface area contributed by atoms with Gasteiger partial charge in [0.1, 0.15) is 6.04 Å². The zero-order valence-corrected chi connectivity index (χ0v) is 13.6. The average molecular weight is 332 g/mol. The van der Waals surface area contributed by atoms with Crippen molar-refractivity contribution < 1.29 is 18.0 Å². The molecular weight excluding hydrogens is 308 g/mol. The van der Waals surface area contributed by atoms with Gasteiger partial charge in [0.15, 0.2) is 0 Å². The van der Waals surface area contributed by atoms with E-state index >= 15 is 0 Å². The molecule has 2 rings (SSSR count). The lowest BCUT2D eigenvalue weighted by Crippen LogP contribution is -2.53. The molecule has 3 N–H and O–H groups in total. The van der Waals surface area contributed by atoms with Crippen LogP contribution in [-0.2, 0) is 14.8 Å². The molecule has 0 radical (unpaired) electrons. The second kappa shape index (κ2) is 7.28. The number of piperidine rings is 1. The molecule has 2 aliphatic rings. The lowest BCUT2D eigenvalue weighted by molar-refractivity contribution is -0.122. The van der Waals surface area contributed by atoms with Crippen molar-refractivity contribution in [2.24, 2.45) is 0 Å². The minimum absolute atomic E-state index is 0.140. The number of hydrogen-bond acceptors (Lipinski definition) is 4. The van der Waals surface area contributed by atoms with E-state index in [-0.39, 0.29) is 11.9 Å². The first kappa shape index (κ1) is 17.0. The number of likely N-dealkylation sites (tertiary alicyclic amines) is 1. The summed E-state index contributed by atoms with van der Waals surface area (Å²) < 4.78 is 25.8. The summed E-state index contributed by atoms with van der Waals surface area (Å²) in [6.07, 6.45) is 3.28. The lowest BCUT2D eigenvalue weighted by atomic mass is 10.1. The Hall–Kier alpha value is -1.35. The van der Waals surface area contributed by atoms with E-state index in [1.54, 1.807) is 4.90 Å². The summed E-state index contributed by atoms with van der Waals surface area (Å²) in [5.74, 6) is -0.140. The molecule has 0 bridgehead atoms. The van der Waals surface area contributed by atoms with E-state index in [9.17, 15) is 18.0 Å². The van der Waals surface area contributed by atoms with Crippen LogP contribution in [0.1, 0.15) is 32.1 Å². The number of carbonyl (C=O) groups excluding carboxylic acids is 2. The van der Waals surface area contributed by atoms with Crippen molar-refractivity contribution in [3.63, 3.8) is 0 Å². The number of urea groups is 1. The van der Waals surface area contributed by atoms with Crippen molar-refractivity contribution in [1.82, 2.24) is 20.3 Å². The summed E-state index contributed by atoms with van der Waals surface area (Å²) in [6.45, 7) is 1.41. The maximum absolute atomic E-state index is 12.2. The molecule has 3 amide bonds. The number of sulfonamides is 1. The van der Waals surface area contributed by atoms with Crippen molar-refractivity contribution in [3.05, 3.63) is 0 Å². The molecule has 0 aromatic carbocycles. The van der Waals surface area contributed by atoms with Gasteiger partial charge in [-0.15, -0.1) is 0 Å². The van der Waals surface area contributed by atoms with E-state index < -0.39 is 21.3 Å². The quantitative estimate of drug-likeness (QED) is 0.640. The molecule has 0 aromatic heterocycles. The molecule has 126 valence electrons. The predicted molar refractivity (Wildman–Crippen MR) is 81.8 cm³/mol. The van der Waals surface area contributed by atoms with E-state index in [0.29, 0.717) is 38.9 Å². The van der Waals surface area contributed by atoms with Crippen molar-refractivity contribution in [1.29, 1.82) is 0 Å². The fraction of sp³-hybridized carbons (Fsp3) is 0.846. The first-order valence-electron chi connectivity index (χ1n) is 7.69. The Labute approximate surface area is 131 Å². The number of amides is 3. The Bertz CT molecular complexity index is 514. The summed E-state index contributed by atoms with van der Waals surface area (Å²) in [7, 11) is -1.88. The Morgan fingerprint density at radius 2 is 1.91 bits per heavy atom. The van der Waals surface area contributed by atoms with Gasteiger partial charge in [0.25, 0.3) is 0 Å². The van der Waals surface area contributed by atoms with Crippen LogP contribution in [0.3, 0.4) is 0 Å². The third-order valence-corrected chi connectivity index (χ3v) is 6.20. The van der Waals surface area contributed by atoms with Gasteiger partial charge in [0, 0.05) is 19.6 Å². The first-order chi connectivity index (χ1) is 10.4. The highest BCUT2D eigenvalue weighted by Gasteiger charge is 2.32. The van der Waals surface area contributed by atoms with Crippen LogP contribution in [0.2, 0.25) is 0 Å². The molecule has 2 fully saturated rings. The summed E-state index contributed by atoms with van der Waals surface area (Å²) in [5.41, 5.74) is 0. The van der Waals surface area contributed by atoms with Gasteiger partial charge in [0.2, 0.25) is 15.9 Å². The van der Waals surface area contributed by atoms with E-state index in [1.165, 1.54) is 7.05 Å². The van der Waals surface area contributed by atoms with Crippen molar-refractivity contribution in [2.75, 3.05) is 26.7 Å². The summed E-state index contributed by atoms with van der Waals surface area (Å²) in [6, 6.07) is -0.781. The Kier molecular flexibility index (Phi) is 5.63. The second-order valence-electron chi connectivity index (χ2n) is 5.72. The van der Waals surface area contributed by atoms with Gasteiger partial charge in [-0.2, -0.15) is 0 Å². The Morgan fingerprint density at radius 1 is 1.23 bits per heavy atom. The third-order valence-electron chi connectivity index (χ3n) is 4.29. The standard InChI is InChI=1S/C13H24N4O4S/c1-14-22(20,21)10-5-8-17(9-6-10)13(19)16-11-4-2-3-7-15-12(11)18/h10-11,14H,2-9H2,1H3,(H,15,18)(H,16,19). The number of rotatable bonds is 3.